The third kappa shape index (κ3) is 13.9. The second-order valence-electron chi connectivity index (χ2n) is 13.4. The number of rotatable bonds is 21. The number of hydrogen-bond donors (Lipinski definition) is 8. The van der Waals surface area contributed by atoms with E-state index in [0.29, 0.717) is 17.5 Å². The third-order valence-electron chi connectivity index (χ3n) is 8.77. The first-order valence-electron chi connectivity index (χ1n) is 17.5. The Morgan fingerprint density at radius 2 is 1.27 bits per heavy atom. The van der Waals surface area contributed by atoms with E-state index in [1.54, 1.807) is 26.0 Å². The van der Waals surface area contributed by atoms with E-state index in [9.17, 15) is 44.4 Å². The monoisotopic (exact) mass is 713 g/mol. The van der Waals surface area contributed by atoms with Crippen LogP contribution in [0, 0.1) is 5.92 Å². The average molecular weight is 714 g/mol. The number of hydrogen-bond acceptors (Lipinski definition) is 9. The van der Waals surface area contributed by atoms with Crippen molar-refractivity contribution in [3.05, 3.63) is 59.7 Å². The van der Waals surface area contributed by atoms with E-state index >= 15 is 0 Å². The topological polar surface area (TPSA) is 232 Å². The summed E-state index contributed by atoms with van der Waals surface area (Å²) in [4.78, 5) is 67.0. The Morgan fingerprint density at radius 1 is 0.745 bits per heavy atom. The Kier molecular flexibility index (Phi) is 17.4. The predicted molar refractivity (Wildman–Crippen MR) is 191 cm³/mol. The number of nitrogens with one attached hydrogen (secondary N) is 3. The summed E-state index contributed by atoms with van der Waals surface area (Å²) in [5.74, 6) is -4.73. The van der Waals surface area contributed by atoms with Gasteiger partial charge in [0.05, 0.1) is 0 Å². The molecule has 0 saturated heterocycles. The van der Waals surface area contributed by atoms with Gasteiger partial charge < -0.3 is 47.0 Å². The molecule has 0 aliphatic heterocycles. The molecule has 9 N–H and O–H groups in total. The molecule has 0 spiro atoms. The molecule has 4 amide bonds. The maximum Gasteiger partial charge on any atom is 0.326 e. The van der Waals surface area contributed by atoms with Crippen molar-refractivity contribution in [2.24, 2.45) is 11.7 Å². The predicted octanol–water partition coefficient (Wildman–Crippen LogP) is 1.97. The number of carboxylic acid groups (broad SMARTS) is 1. The lowest BCUT2D eigenvalue weighted by molar-refractivity contribution is -0.145. The van der Waals surface area contributed by atoms with Crippen LogP contribution in [0.3, 0.4) is 0 Å². The zero-order valence-corrected chi connectivity index (χ0v) is 30.2. The third-order valence-corrected chi connectivity index (χ3v) is 8.77. The summed E-state index contributed by atoms with van der Waals surface area (Å²) >= 11 is 0. The summed E-state index contributed by atoms with van der Waals surface area (Å²) in [6.07, 6.45) is 3.68. The van der Waals surface area contributed by atoms with Gasteiger partial charge >= 0.3 is 5.97 Å². The fourth-order valence-corrected chi connectivity index (χ4v) is 5.46. The van der Waals surface area contributed by atoms with Gasteiger partial charge in [0.1, 0.15) is 41.8 Å². The lowest BCUT2D eigenvalue weighted by Gasteiger charge is -2.33. The molecule has 0 bridgehead atoms. The number of aliphatic hydroxyl groups is 1. The van der Waals surface area contributed by atoms with Crippen LogP contribution in [0.4, 0.5) is 0 Å². The summed E-state index contributed by atoms with van der Waals surface area (Å²) in [6.45, 7) is 6.89. The number of benzene rings is 2. The van der Waals surface area contributed by atoms with Gasteiger partial charge in [0.2, 0.25) is 17.7 Å². The van der Waals surface area contributed by atoms with Crippen LogP contribution < -0.4 is 21.7 Å². The number of carbonyl (C=O) groups excluding carboxylic acids is 4. The van der Waals surface area contributed by atoms with E-state index in [2.05, 4.69) is 22.9 Å². The average Bonchev–Trinajstić information content (AvgIpc) is 3.09. The van der Waals surface area contributed by atoms with Crippen LogP contribution in [-0.2, 0) is 36.8 Å². The first-order chi connectivity index (χ1) is 24.0. The van der Waals surface area contributed by atoms with Gasteiger partial charge in [-0.3, -0.25) is 19.2 Å². The first-order valence-corrected chi connectivity index (χ1v) is 17.5. The molecule has 51 heavy (non-hydrogen) atoms. The molecule has 2 rings (SSSR count). The lowest BCUT2D eigenvalue weighted by atomic mass is 9.98. The van der Waals surface area contributed by atoms with Gasteiger partial charge in [0.25, 0.3) is 5.91 Å². The number of aliphatic hydroxyl groups excluding tert-OH is 1. The second kappa shape index (κ2) is 20.9. The van der Waals surface area contributed by atoms with Crippen LogP contribution in [0.5, 0.6) is 11.5 Å². The van der Waals surface area contributed by atoms with Crippen LogP contribution >= 0.6 is 0 Å². The summed E-state index contributed by atoms with van der Waals surface area (Å²) in [7, 11) is 1.37. The Morgan fingerprint density at radius 3 is 1.78 bits per heavy atom. The fourth-order valence-electron chi connectivity index (χ4n) is 5.46. The molecule has 0 aliphatic carbocycles. The number of phenols is 2. The number of aromatic hydroxyl groups is 2. The normalized spacial score (nSPS) is 14.7. The van der Waals surface area contributed by atoms with Crippen LogP contribution in [0.25, 0.3) is 0 Å². The van der Waals surface area contributed by atoms with E-state index in [-0.39, 0.29) is 24.3 Å². The number of amides is 4. The van der Waals surface area contributed by atoms with Gasteiger partial charge in [-0.2, -0.15) is 0 Å². The number of aliphatic carboxylic acids is 1. The van der Waals surface area contributed by atoms with Crippen LogP contribution in [0.2, 0.25) is 0 Å². The Balaban J connectivity index is 2.20. The van der Waals surface area contributed by atoms with Gasteiger partial charge in [-0.1, -0.05) is 77.1 Å². The van der Waals surface area contributed by atoms with E-state index in [1.165, 1.54) is 50.4 Å². The molecular formula is C37H55N5O9. The maximum atomic E-state index is 14.0. The summed E-state index contributed by atoms with van der Waals surface area (Å²) in [5, 5.41) is 47.4. The van der Waals surface area contributed by atoms with Crippen molar-refractivity contribution in [1.29, 1.82) is 0 Å². The van der Waals surface area contributed by atoms with Crippen molar-refractivity contribution in [2.45, 2.75) is 115 Å². The van der Waals surface area contributed by atoms with Crippen LogP contribution in [0.15, 0.2) is 48.5 Å². The van der Waals surface area contributed by atoms with E-state index in [0.717, 1.165) is 37.0 Å². The van der Waals surface area contributed by atoms with Crippen molar-refractivity contribution < 1.29 is 44.4 Å². The molecule has 0 unspecified atom stereocenters. The van der Waals surface area contributed by atoms with Crippen molar-refractivity contribution in [1.82, 2.24) is 20.9 Å². The molecule has 2 aromatic carbocycles. The quantitative estimate of drug-likeness (QED) is 0.0877. The molecular weight excluding hydrogens is 658 g/mol. The van der Waals surface area contributed by atoms with E-state index in [4.69, 9.17) is 5.73 Å². The van der Waals surface area contributed by atoms with Gasteiger partial charge in [-0.05, 0) is 54.7 Å². The van der Waals surface area contributed by atoms with Crippen LogP contribution in [-0.4, -0.2) is 98.3 Å². The van der Waals surface area contributed by atoms with Gasteiger partial charge in [0, 0.05) is 25.9 Å². The standard InChI is InChI=1S/C37H55N5O9/c1-6-7-8-9-10-11-28(38)32(45)35(48)39-23(4)33(46)41-31(22(2)3)36(49)42(5)30(21-25-14-18-27(44)19-15-25)34(47)40-29(37(50)51)20-24-12-16-26(43)17-13-24/h12-19,22-23,28-32,43-45H,6-11,20-21,38H2,1-5H3,(H,39,48)(H,40,47)(H,41,46)(H,50,51)/t23-,28-,29-,30-,31-,32+/m0/s1. The molecule has 14 nitrogen and oxygen atoms in total. The highest BCUT2D eigenvalue weighted by molar-refractivity contribution is 5.95. The zero-order chi connectivity index (χ0) is 38.2. The minimum Gasteiger partial charge on any atom is -0.508 e. The zero-order valence-electron chi connectivity index (χ0n) is 30.2. The first kappa shape index (κ1) is 42.5. The molecule has 0 aromatic heterocycles. The number of likely N-dealkylation sites (N-methyl/N-ethyl adjacent to an activating group) is 1. The van der Waals surface area contributed by atoms with Crippen molar-refractivity contribution in [2.75, 3.05) is 7.05 Å². The van der Waals surface area contributed by atoms with E-state index < -0.39 is 71.8 Å². The molecule has 0 aliphatic rings. The summed E-state index contributed by atoms with van der Waals surface area (Å²) in [5.41, 5.74) is 7.14. The number of phenolic OH excluding ortho intramolecular Hbond substituents is 2. The highest BCUT2D eigenvalue weighted by Crippen LogP contribution is 2.17. The number of nitrogens with zero attached hydrogens (tertiary/aromatic N) is 1. The number of carboxylic acids is 1. The van der Waals surface area contributed by atoms with Gasteiger partial charge in [-0.25, -0.2) is 4.79 Å². The van der Waals surface area contributed by atoms with Gasteiger partial charge in [0.15, 0.2) is 0 Å². The summed E-state index contributed by atoms with van der Waals surface area (Å²) < 4.78 is 0. The molecule has 6 atom stereocenters. The molecule has 14 heteroatoms. The number of unbranched alkanes of at least 4 members (excludes halogenated alkanes) is 4. The van der Waals surface area contributed by atoms with Gasteiger partial charge in [-0.15, -0.1) is 0 Å². The highest BCUT2D eigenvalue weighted by Gasteiger charge is 2.36. The Bertz CT molecular complexity index is 1430. The molecule has 0 saturated carbocycles. The molecule has 2 aromatic rings. The Labute approximate surface area is 299 Å². The second-order valence-corrected chi connectivity index (χ2v) is 13.4. The van der Waals surface area contributed by atoms with Crippen LogP contribution in [0.1, 0.15) is 77.3 Å². The number of nitrogens with two attached hydrogens (primary N) is 1. The molecule has 0 fully saturated rings. The number of carbonyl (C=O) groups is 5. The van der Waals surface area contributed by atoms with Crippen molar-refractivity contribution >= 4 is 29.6 Å². The molecule has 0 radical (unpaired) electrons. The fraction of sp³-hybridized carbons (Fsp3) is 0.541. The minimum absolute atomic E-state index is 0.00220. The minimum atomic E-state index is -1.53. The summed E-state index contributed by atoms with van der Waals surface area (Å²) in [6, 6.07) is 6.12. The van der Waals surface area contributed by atoms with Crippen molar-refractivity contribution in [3.63, 3.8) is 0 Å². The lowest BCUT2D eigenvalue weighted by Crippen LogP contribution is -2.60. The maximum absolute atomic E-state index is 14.0. The molecule has 0 heterocycles. The van der Waals surface area contributed by atoms with E-state index in [1.807, 2.05) is 0 Å². The SMILES string of the molecule is CCCCCCC[C@H](N)[C@@H](O)C(=O)N[C@@H](C)C(=O)N[C@H](C(=O)N(C)[C@@H](Cc1ccc(O)cc1)C(=O)N[C@@H](Cc1ccc(O)cc1)C(=O)O)C(C)C. The highest BCUT2D eigenvalue weighted by atomic mass is 16.4. The van der Waals surface area contributed by atoms with Crippen molar-refractivity contribution in [3.8, 4) is 11.5 Å². The Hall–Kier alpha value is -4.69. The molecule has 282 valence electrons. The smallest absolute Gasteiger partial charge is 0.326 e. The largest absolute Gasteiger partial charge is 0.508 e.